The van der Waals surface area contributed by atoms with Gasteiger partial charge in [-0.2, -0.15) is 0 Å². The molecule has 0 spiro atoms. The van der Waals surface area contributed by atoms with Crippen molar-refractivity contribution in [3.8, 4) is 34.0 Å². The van der Waals surface area contributed by atoms with Gasteiger partial charge in [0.25, 0.3) is 0 Å². The molecule has 5 heteroatoms. The van der Waals surface area contributed by atoms with E-state index in [-0.39, 0.29) is 12.5 Å². The highest BCUT2D eigenvalue weighted by Crippen LogP contribution is 2.24. The van der Waals surface area contributed by atoms with Gasteiger partial charge >= 0.3 is 0 Å². The number of hydrogen-bond acceptors (Lipinski definition) is 4. The molecule has 4 nitrogen and oxygen atoms in total. The van der Waals surface area contributed by atoms with E-state index in [4.69, 9.17) is 9.47 Å². The molecular formula is C31H41FN2O2. The van der Waals surface area contributed by atoms with Crippen molar-refractivity contribution in [2.45, 2.75) is 78.3 Å². The van der Waals surface area contributed by atoms with Crippen LogP contribution < -0.4 is 9.47 Å². The van der Waals surface area contributed by atoms with Gasteiger partial charge < -0.3 is 9.47 Å². The first-order chi connectivity index (χ1) is 17.6. The van der Waals surface area contributed by atoms with E-state index in [0.29, 0.717) is 11.6 Å². The van der Waals surface area contributed by atoms with E-state index in [1.54, 1.807) is 0 Å². The summed E-state index contributed by atoms with van der Waals surface area (Å²) in [6.07, 6.45) is 13.0. The summed E-state index contributed by atoms with van der Waals surface area (Å²) in [5.41, 5.74) is 2.86. The molecule has 2 aromatic carbocycles. The summed E-state index contributed by atoms with van der Waals surface area (Å²) in [4.78, 5) is 9.09. The Balaban J connectivity index is 1.43. The third-order valence-electron chi connectivity index (χ3n) is 6.35. The highest BCUT2D eigenvalue weighted by molar-refractivity contribution is 5.64. The molecule has 1 aromatic heterocycles. The molecule has 0 saturated carbocycles. The molecule has 0 N–H and O–H groups in total. The summed E-state index contributed by atoms with van der Waals surface area (Å²) >= 11 is 0. The zero-order valence-corrected chi connectivity index (χ0v) is 22.1. The Bertz CT molecular complexity index is 989. The molecular weight excluding hydrogens is 451 g/mol. The lowest BCUT2D eigenvalue weighted by atomic mass is 10.1. The predicted molar refractivity (Wildman–Crippen MR) is 146 cm³/mol. The molecule has 0 saturated heterocycles. The number of rotatable bonds is 16. The van der Waals surface area contributed by atoms with E-state index < -0.39 is 6.17 Å². The maximum atomic E-state index is 13.7. The Hall–Kier alpha value is -2.95. The van der Waals surface area contributed by atoms with Crippen LogP contribution >= 0.6 is 0 Å². The summed E-state index contributed by atoms with van der Waals surface area (Å²) in [6, 6.07) is 15.5. The second-order valence-electron chi connectivity index (χ2n) is 9.74. The monoisotopic (exact) mass is 492 g/mol. The van der Waals surface area contributed by atoms with Gasteiger partial charge in [-0.05, 0) is 54.3 Å². The Morgan fingerprint density at radius 1 is 0.667 bits per heavy atom. The average Bonchev–Trinajstić information content (AvgIpc) is 2.91. The van der Waals surface area contributed by atoms with Gasteiger partial charge in [0.05, 0.1) is 6.61 Å². The van der Waals surface area contributed by atoms with Crippen molar-refractivity contribution in [3.63, 3.8) is 0 Å². The molecule has 0 aliphatic heterocycles. The number of unbranched alkanes of at least 4 members (excludes halogenated alkanes) is 7. The first kappa shape index (κ1) is 27.6. The fourth-order valence-electron chi connectivity index (χ4n) is 3.86. The number of nitrogens with zero attached hydrogens (tertiary/aromatic N) is 2. The molecule has 0 aliphatic carbocycles. The van der Waals surface area contributed by atoms with E-state index >= 15 is 0 Å². The third kappa shape index (κ3) is 9.25. The molecule has 0 aliphatic rings. The first-order valence-electron chi connectivity index (χ1n) is 13.5. The van der Waals surface area contributed by atoms with Crippen molar-refractivity contribution in [1.82, 2.24) is 9.97 Å². The van der Waals surface area contributed by atoms with Gasteiger partial charge in [-0.1, -0.05) is 77.8 Å². The lowest BCUT2D eigenvalue weighted by Crippen LogP contribution is -2.18. The maximum absolute atomic E-state index is 13.7. The SMILES string of the molecule is CCCCCCCCCCOc1ccc(-c2ncc(-c3ccc(OCC(F)C(C)C)cc3)cn2)cc1. The second kappa shape index (κ2) is 15.2. The number of halogens is 1. The normalized spacial score (nSPS) is 12.0. The Kier molecular flexibility index (Phi) is 11.7. The minimum absolute atomic E-state index is 0.0524. The molecule has 0 amide bonds. The van der Waals surface area contributed by atoms with Crippen LogP contribution in [0.25, 0.3) is 22.5 Å². The molecule has 0 radical (unpaired) electrons. The fraction of sp³-hybridized carbons (Fsp3) is 0.484. The fourth-order valence-corrected chi connectivity index (χ4v) is 3.86. The van der Waals surface area contributed by atoms with Crippen molar-refractivity contribution in [3.05, 3.63) is 60.9 Å². The van der Waals surface area contributed by atoms with Crippen molar-refractivity contribution >= 4 is 0 Å². The molecule has 36 heavy (non-hydrogen) atoms. The number of alkyl halides is 1. The minimum Gasteiger partial charge on any atom is -0.494 e. The third-order valence-corrected chi connectivity index (χ3v) is 6.35. The minimum atomic E-state index is -0.971. The highest BCUT2D eigenvalue weighted by Gasteiger charge is 2.12. The zero-order valence-electron chi connectivity index (χ0n) is 22.1. The molecule has 0 fully saturated rings. The van der Waals surface area contributed by atoms with E-state index in [2.05, 4.69) is 16.9 Å². The Morgan fingerprint density at radius 3 is 1.78 bits per heavy atom. The van der Waals surface area contributed by atoms with Crippen LogP contribution in [-0.2, 0) is 0 Å². The van der Waals surface area contributed by atoms with Crippen LogP contribution in [0.15, 0.2) is 60.9 Å². The lowest BCUT2D eigenvalue weighted by Gasteiger charge is -2.13. The van der Waals surface area contributed by atoms with Gasteiger partial charge in [-0.3, -0.25) is 0 Å². The van der Waals surface area contributed by atoms with Crippen molar-refractivity contribution in [2.24, 2.45) is 5.92 Å². The van der Waals surface area contributed by atoms with Crippen LogP contribution in [0.5, 0.6) is 11.5 Å². The number of hydrogen-bond donors (Lipinski definition) is 0. The van der Waals surface area contributed by atoms with Crippen molar-refractivity contribution < 1.29 is 13.9 Å². The second-order valence-corrected chi connectivity index (χ2v) is 9.74. The summed E-state index contributed by atoms with van der Waals surface area (Å²) in [6.45, 7) is 6.78. The molecule has 1 heterocycles. The molecule has 3 aromatic rings. The molecule has 3 rings (SSSR count). The molecule has 1 unspecified atom stereocenters. The first-order valence-corrected chi connectivity index (χ1v) is 13.5. The van der Waals surface area contributed by atoms with Gasteiger partial charge in [0.15, 0.2) is 5.82 Å². The summed E-state index contributed by atoms with van der Waals surface area (Å²) in [5, 5.41) is 0. The Morgan fingerprint density at radius 2 is 1.19 bits per heavy atom. The van der Waals surface area contributed by atoms with Gasteiger partial charge in [0, 0.05) is 23.5 Å². The van der Waals surface area contributed by atoms with E-state index in [1.807, 2.05) is 74.8 Å². The van der Waals surface area contributed by atoms with Gasteiger partial charge in [-0.15, -0.1) is 0 Å². The maximum Gasteiger partial charge on any atom is 0.159 e. The van der Waals surface area contributed by atoms with Crippen LogP contribution in [0.4, 0.5) is 4.39 Å². The van der Waals surface area contributed by atoms with Crippen LogP contribution in [0.1, 0.15) is 72.1 Å². The Labute approximate surface area is 216 Å². The van der Waals surface area contributed by atoms with Crippen LogP contribution in [-0.4, -0.2) is 29.4 Å². The standard InChI is InChI=1S/C31H41FN2O2/c1-4-5-6-7-8-9-10-11-20-35-28-18-14-26(15-19-28)31-33-21-27(22-34-31)25-12-16-29(17-13-25)36-23-30(32)24(2)3/h12-19,21-22,24,30H,4-11,20,23H2,1-3H3. The molecule has 0 bridgehead atoms. The smallest absolute Gasteiger partial charge is 0.159 e. The van der Waals surface area contributed by atoms with Gasteiger partial charge in [0.2, 0.25) is 0 Å². The molecule has 194 valence electrons. The summed E-state index contributed by atoms with van der Waals surface area (Å²) < 4.78 is 25.2. The lowest BCUT2D eigenvalue weighted by molar-refractivity contribution is 0.155. The average molecular weight is 493 g/mol. The van der Waals surface area contributed by atoms with Crippen molar-refractivity contribution in [1.29, 1.82) is 0 Å². The summed E-state index contributed by atoms with van der Waals surface area (Å²) in [5.74, 6) is 2.16. The topological polar surface area (TPSA) is 44.2 Å². The quantitative estimate of drug-likeness (QED) is 0.188. The van der Waals surface area contributed by atoms with Crippen LogP contribution in [0.3, 0.4) is 0 Å². The van der Waals surface area contributed by atoms with E-state index in [0.717, 1.165) is 35.5 Å². The summed E-state index contributed by atoms with van der Waals surface area (Å²) in [7, 11) is 0. The van der Waals surface area contributed by atoms with Gasteiger partial charge in [0.1, 0.15) is 24.3 Å². The molecule has 1 atom stereocenters. The predicted octanol–water partition coefficient (Wildman–Crippen LogP) is 8.70. The van der Waals surface area contributed by atoms with E-state index in [9.17, 15) is 4.39 Å². The van der Waals surface area contributed by atoms with Crippen molar-refractivity contribution in [2.75, 3.05) is 13.2 Å². The zero-order chi connectivity index (χ0) is 25.6. The largest absolute Gasteiger partial charge is 0.494 e. The number of aromatic nitrogens is 2. The highest BCUT2D eigenvalue weighted by atomic mass is 19.1. The van der Waals surface area contributed by atoms with Crippen LogP contribution in [0, 0.1) is 5.92 Å². The van der Waals surface area contributed by atoms with Crippen LogP contribution in [0.2, 0.25) is 0 Å². The number of ether oxygens (including phenoxy) is 2. The van der Waals surface area contributed by atoms with Gasteiger partial charge in [-0.25, -0.2) is 14.4 Å². The number of benzene rings is 2. The van der Waals surface area contributed by atoms with E-state index in [1.165, 1.54) is 44.9 Å².